The van der Waals surface area contributed by atoms with Gasteiger partial charge < -0.3 is 15.0 Å². The van der Waals surface area contributed by atoms with Crippen molar-refractivity contribution in [2.45, 2.75) is 30.8 Å². The lowest BCUT2D eigenvalue weighted by Crippen LogP contribution is -2.51. The minimum absolute atomic E-state index is 0.00363. The number of carbonyl (C=O) groups excluding carboxylic acids is 2. The zero-order valence-electron chi connectivity index (χ0n) is 21.2. The van der Waals surface area contributed by atoms with Crippen LogP contribution in [0.2, 0.25) is 10.0 Å². The minimum atomic E-state index is -4.25. The highest BCUT2D eigenvalue weighted by molar-refractivity contribution is 7.92. The van der Waals surface area contributed by atoms with Gasteiger partial charge in [-0.3, -0.25) is 13.9 Å². The summed E-state index contributed by atoms with van der Waals surface area (Å²) in [4.78, 5) is 28.0. The number of methoxy groups -OCH3 is 1. The lowest BCUT2D eigenvalue weighted by Gasteiger charge is -2.33. The van der Waals surface area contributed by atoms with Gasteiger partial charge >= 0.3 is 0 Å². The molecule has 0 saturated carbocycles. The van der Waals surface area contributed by atoms with Gasteiger partial charge in [0.05, 0.1) is 17.7 Å². The van der Waals surface area contributed by atoms with E-state index in [0.717, 1.165) is 4.31 Å². The van der Waals surface area contributed by atoms with Gasteiger partial charge in [-0.25, -0.2) is 8.42 Å². The monoisotopic (exact) mass is 577 g/mol. The van der Waals surface area contributed by atoms with Crippen LogP contribution < -0.4 is 14.4 Å². The molecule has 0 aliphatic rings. The van der Waals surface area contributed by atoms with Gasteiger partial charge in [0.25, 0.3) is 10.0 Å². The number of anilines is 1. The quantitative estimate of drug-likeness (QED) is 0.354. The van der Waals surface area contributed by atoms with E-state index in [9.17, 15) is 18.0 Å². The third-order valence-electron chi connectivity index (χ3n) is 5.95. The Balaban J connectivity index is 2.13. The van der Waals surface area contributed by atoms with Crippen LogP contribution in [0, 0.1) is 0 Å². The maximum atomic E-state index is 13.9. The van der Waals surface area contributed by atoms with E-state index in [-0.39, 0.29) is 33.8 Å². The molecule has 0 saturated heterocycles. The summed E-state index contributed by atoms with van der Waals surface area (Å²) < 4.78 is 34.1. The van der Waals surface area contributed by atoms with Crippen molar-refractivity contribution in [3.8, 4) is 5.75 Å². The summed E-state index contributed by atoms with van der Waals surface area (Å²) in [6, 6.07) is 18.3. The third kappa shape index (κ3) is 6.59. The number of hydrogen-bond donors (Lipinski definition) is 1. The summed E-state index contributed by atoms with van der Waals surface area (Å²) in [5.74, 6) is -0.787. The second-order valence-electron chi connectivity index (χ2n) is 8.29. The Bertz CT molecular complexity index is 1390. The SMILES string of the molecule is CC[C@@H](C(=O)NC)N(Cc1ccccc1Cl)C(=O)CN(c1cc(Cl)ccc1OC)S(=O)(=O)c1ccccc1. The highest BCUT2D eigenvalue weighted by Crippen LogP contribution is 2.35. The molecular formula is C27H29Cl2N3O5S. The highest BCUT2D eigenvalue weighted by Gasteiger charge is 2.34. The fourth-order valence-corrected chi connectivity index (χ4v) is 5.79. The molecule has 202 valence electrons. The van der Waals surface area contributed by atoms with Gasteiger partial charge in [0.1, 0.15) is 18.3 Å². The van der Waals surface area contributed by atoms with Crippen LogP contribution in [0.25, 0.3) is 0 Å². The Hall–Kier alpha value is -3.27. The number of benzene rings is 3. The second-order valence-corrected chi connectivity index (χ2v) is 11.0. The Morgan fingerprint density at radius 3 is 2.26 bits per heavy atom. The lowest BCUT2D eigenvalue weighted by molar-refractivity contribution is -0.140. The van der Waals surface area contributed by atoms with Crippen molar-refractivity contribution in [1.29, 1.82) is 0 Å². The Morgan fingerprint density at radius 1 is 1.00 bits per heavy atom. The number of sulfonamides is 1. The van der Waals surface area contributed by atoms with E-state index in [2.05, 4.69) is 5.32 Å². The van der Waals surface area contributed by atoms with Crippen molar-refractivity contribution in [2.24, 2.45) is 0 Å². The van der Waals surface area contributed by atoms with Gasteiger partial charge in [0, 0.05) is 23.6 Å². The first kappa shape index (κ1) is 29.3. The number of rotatable bonds is 11. The average molecular weight is 579 g/mol. The van der Waals surface area contributed by atoms with E-state index in [1.807, 2.05) is 0 Å². The van der Waals surface area contributed by atoms with Gasteiger partial charge in [0.2, 0.25) is 11.8 Å². The molecule has 0 bridgehead atoms. The molecule has 38 heavy (non-hydrogen) atoms. The molecule has 0 aromatic heterocycles. The summed E-state index contributed by atoms with van der Waals surface area (Å²) in [6.45, 7) is 1.15. The average Bonchev–Trinajstić information content (AvgIpc) is 2.92. The number of ether oxygens (including phenoxy) is 1. The van der Waals surface area contributed by atoms with Crippen molar-refractivity contribution >= 4 is 50.7 Å². The number of likely N-dealkylation sites (N-methyl/N-ethyl adjacent to an activating group) is 1. The first-order chi connectivity index (χ1) is 18.1. The van der Waals surface area contributed by atoms with Gasteiger partial charge in [-0.1, -0.05) is 66.5 Å². The maximum absolute atomic E-state index is 13.9. The van der Waals surface area contributed by atoms with E-state index >= 15 is 0 Å². The van der Waals surface area contributed by atoms with E-state index in [0.29, 0.717) is 17.0 Å². The molecule has 3 aromatic carbocycles. The molecule has 1 atom stereocenters. The number of nitrogens with zero attached hydrogens (tertiary/aromatic N) is 2. The molecule has 0 aliphatic carbocycles. The van der Waals surface area contributed by atoms with Crippen LogP contribution in [0.5, 0.6) is 5.75 Å². The normalized spacial score (nSPS) is 11.9. The van der Waals surface area contributed by atoms with Crippen LogP contribution in [0.1, 0.15) is 18.9 Å². The summed E-state index contributed by atoms with van der Waals surface area (Å²) >= 11 is 12.6. The molecule has 11 heteroatoms. The van der Waals surface area contributed by atoms with Crippen LogP contribution in [0.15, 0.2) is 77.7 Å². The highest BCUT2D eigenvalue weighted by atomic mass is 35.5. The Kier molecular flexibility index (Phi) is 10.0. The summed E-state index contributed by atoms with van der Waals surface area (Å²) in [6.07, 6.45) is 0.293. The number of nitrogens with one attached hydrogen (secondary N) is 1. The van der Waals surface area contributed by atoms with Crippen molar-refractivity contribution in [3.63, 3.8) is 0 Å². The van der Waals surface area contributed by atoms with Gasteiger partial charge in [-0.15, -0.1) is 0 Å². The summed E-state index contributed by atoms with van der Waals surface area (Å²) in [5, 5.41) is 3.26. The van der Waals surface area contributed by atoms with Crippen molar-refractivity contribution < 1.29 is 22.7 Å². The van der Waals surface area contributed by atoms with Crippen LogP contribution in [0.3, 0.4) is 0 Å². The zero-order chi connectivity index (χ0) is 27.9. The van der Waals surface area contributed by atoms with E-state index < -0.39 is 28.5 Å². The van der Waals surface area contributed by atoms with Crippen LogP contribution >= 0.6 is 23.2 Å². The van der Waals surface area contributed by atoms with Crippen molar-refractivity contribution in [3.05, 3.63) is 88.4 Å². The predicted octanol–water partition coefficient (Wildman–Crippen LogP) is 4.75. The summed E-state index contributed by atoms with van der Waals surface area (Å²) in [7, 11) is -1.38. The fourth-order valence-electron chi connectivity index (χ4n) is 3.99. The third-order valence-corrected chi connectivity index (χ3v) is 8.33. The molecule has 3 rings (SSSR count). The standard InChI is InChI=1S/C27H29Cl2N3O5S/c1-4-23(27(34)30-2)31(17-19-10-8-9-13-22(19)29)26(33)18-32(24-16-20(28)14-15-25(24)37-3)38(35,36)21-11-6-5-7-12-21/h5-16,23H,4,17-18H2,1-3H3,(H,30,34)/t23-/m0/s1. The smallest absolute Gasteiger partial charge is 0.264 e. The molecular weight excluding hydrogens is 549 g/mol. The Labute approximate surface area is 233 Å². The molecule has 8 nitrogen and oxygen atoms in total. The minimum Gasteiger partial charge on any atom is -0.495 e. The molecule has 0 spiro atoms. The molecule has 2 amide bonds. The van der Waals surface area contributed by atoms with Gasteiger partial charge in [0.15, 0.2) is 0 Å². The number of halogens is 2. The molecule has 0 unspecified atom stereocenters. The molecule has 0 heterocycles. The predicted molar refractivity (Wildman–Crippen MR) is 149 cm³/mol. The molecule has 0 aliphatic heterocycles. The van der Waals surface area contributed by atoms with Crippen LogP contribution in [-0.2, 0) is 26.2 Å². The van der Waals surface area contributed by atoms with E-state index in [1.165, 1.54) is 43.3 Å². The van der Waals surface area contributed by atoms with Gasteiger partial charge in [-0.05, 0) is 48.4 Å². The molecule has 0 fully saturated rings. The van der Waals surface area contributed by atoms with Crippen molar-refractivity contribution in [2.75, 3.05) is 25.0 Å². The fraction of sp³-hybridized carbons (Fsp3) is 0.259. The largest absolute Gasteiger partial charge is 0.495 e. The molecule has 1 N–H and O–H groups in total. The Morgan fingerprint density at radius 2 is 1.66 bits per heavy atom. The number of hydrogen-bond acceptors (Lipinski definition) is 5. The van der Waals surface area contributed by atoms with Crippen LogP contribution in [-0.4, -0.2) is 51.9 Å². The second kappa shape index (κ2) is 13.0. The first-order valence-electron chi connectivity index (χ1n) is 11.8. The van der Waals surface area contributed by atoms with E-state index in [1.54, 1.807) is 55.5 Å². The van der Waals surface area contributed by atoms with E-state index in [4.69, 9.17) is 27.9 Å². The zero-order valence-corrected chi connectivity index (χ0v) is 23.6. The van der Waals surface area contributed by atoms with Crippen molar-refractivity contribution in [1.82, 2.24) is 10.2 Å². The molecule has 3 aromatic rings. The number of amides is 2. The maximum Gasteiger partial charge on any atom is 0.264 e. The van der Waals surface area contributed by atoms with Crippen LogP contribution in [0.4, 0.5) is 5.69 Å². The summed E-state index contributed by atoms with van der Waals surface area (Å²) in [5.41, 5.74) is 0.700. The lowest BCUT2D eigenvalue weighted by atomic mass is 10.1. The first-order valence-corrected chi connectivity index (χ1v) is 14.0. The number of carbonyl (C=O) groups is 2. The molecule has 0 radical (unpaired) electrons. The van der Waals surface area contributed by atoms with Gasteiger partial charge in [-0.2, -0.15) is 0 Å². The topological polar surface area (TPSA) is 96.0 Å².